The predicted molar refractivity (Wildman–Crippen MR) is 80.9 cm³/mol. The van der Waals surface area contributed by atoms with Crippen molar-refractivity contribution in [2.45, 2.75) is 5.33 Å². The molecule has 20 heavy (non-hydrogen) atoms. The third kappa shape index (κ3) is 3.14. The summed E-state index contributed by atoms with van der Waals surface area (Å²) in [6.07, 6.45) is 0. The first-order chi connectivity index (χ1) is 9.65. The first-order valence-corrected chi connectivity index (χ1v) is 7.16. The lowest BCUT2D eigenvalue weighted by Crippen LogP contribution is -2.15. The number of benzene rings is 2. The van der Waals surface area contributed by atoms with E-state index in [-0.39, 0.29) is 0 Å². The Morgan fingerprint density at radius 3 is 1.90 bits per heavy atom. The molecule has 3 nitrogen and oxygen atoms in total. The van der Waals surface area contributed by atoms with Crippen LogP contribution in [0, 0.1) is 0 Å². The summed E-state index contributed by atoms with van der Waals surface area (Å²) in [7, 11) is 1.19. The molecule has 0 amide bonds. The Balaban J connectivity index is 2.23. The number of hydrogen-bond acceptors (Lipinski definition) is 3. The van der Waals surface area contributed by atoms with Crippen LogP contribution in [0.3, 0.4) is 0 Å². The zero-order chi connectivity index (χ0) is 14.5. The molecule has 0 atom stereocenters. The highest BCUT2D eigenvalue weighted by atomic mass is 79.9. The van der Waals surface area contributed by atoms with Crippen LogP contribution in [0.1, 0.15) is 15.9 Å². The number of methoxy groups -OCH3 is 1. The van der Waals surface area contributed by atoms with Gasteiger partial charge < -0.3 is 4.74 Å². The van der Waals surface area contributed by atoms with Crippen molar-refractivity contribution < 1.29 is 14.3 Å². The highest BCUT2D eigenvalue weighted by Crippen LogP contribution is 2.21. The third-order valence-electron chi connectivity index (χ3n) is 2.96. The number of Topliss-reactive ketones (excluding diaryl/α,β-unsaturated/α-hetero) is 1. The minimum Gasteiger partial charge on any atom is -0.463 e. The van der Waals surface area contributed by atoms with Crippen LogP contribution in [0.2, 0.25) is 0 Å². The molecule has 0 unspecified atom stereocenters. The number of ether oxygens (including phenoxy) is 1. The normalized spacial score (nSPS) is 10.1. The maximum absolute atomic E-state index is 11.6. The van der Waals surface area contributed by atoms with Crippen molar-refractivity contribution in [3.05, 3.63) is 59.7 Å². The number of carbonyl (C=O) groups is 2. The molecule has 0 saturated heterocycles. The van der Waals surface area contributed by atoms with Gasteiger partial charge in [-0.15, -0.1) is 0 Å². The van der Waals surface area contributed by atoms with Gasteiger partial charge >= 0.3 is 5.97 Å². The van der Waals surface area contributed by atoms with Crippen LogP contribution in [0.4, 0.5) is 0 Å². The number of halogens is 1. The van der Waals surface area contributed by atoms with Crippen molar-refractivity contribution in [3.63, 3.8) is 0 Å². The lowest BCUT2D eigenvalue weighted by Gasteiger charge is -2.04. The lowest BCUT2D eigenvalue weighted by atomic mass is 10.0. The zero-order valence-electron chi connectivity index (χ0n) is 10.9. The second-order valence-electron chi connectivity index (χ2n) is 4.23. The molecule has 2 rings (SSSR count). The van der Waals surface area contributed by atoms with Crippen molar-refractivity contribution >= 4 is 27.7 Å². The molecule has 0 saturated carbocycles. The summed E-state index contributed by atoms with van der Waals surface area (Å²) in [6.45, 7) is 0. The highest BCUT2D eigenvalue weighted by molar-refractivity contribution is 9.08. The minimum atomic E-state index is -0.848. The van der Waals surface area contributed by atoms with E-state index in [1.165, 1.54) is 12.7 Å². The predicted octanol–water partition coefficient (Wildman–Crippen LogP) is 3.60. The van der Waals surface area contributed by atoms with E-state index >= 15 is 0 Å². The van der Waals surface area contributed by atoms with Gasteiger partial charge in [-0.2, -0.15) is 0 Å². The second kappa shape index (κ2) is 6.48. The van der Waals surface area contributed by atoms with Gasteiger partial charge in [0.15, 0.2) is 0 Å². The quantitative estimate of drug-likeness (QED) is 0.372. The number of rotatable bonds is 4. The monoisotopic (exact) mass is 332 g/mol. The Morgan fingerprint density at radius 2 is 1.45 bits per heavy atom. The molecule has 0 aliphatic carbocycles. The fourth-order valence-corrected chi connectivity index (χ4v) is 2.18. The van der Waals surface area contributed by atoms with Gasteiger partial charge in [-0.1, -0.05) is 64.5 Å². The van der Waals surface area contributed by atoms with E-state index in [1.54, 1.807) is 12.1 Å². The average Bonchev–Trinajstić information content (AvgIpc) is 2.53. The molecule has 102 valence electrons. The van der Waals surface area contributed by atoms with Gasteiger partial charge in [0.2, 0.25) is 0 Å². The van der Waals surface area contributed by atoms with Gasteiger partial charge in [0, 0.05) is 10.9 Å². The zero-order valence-corrected chi connectivity index (χ0v) is 12.5. The van der Waals surface area contributed by atoms with Gasteiger partial charge in [-0.05, 0) is 16.7 Å². The van der Waals surface area contributed by atoms with Gasteiger partial charge in [-0.3, -0.25) is 4.79 Å². The fraction of sp³-hybridized carbons (Fsp3) is 0.125. The molecule has 0 radical (unpaired) electrons. The summed E-state index contributed by atoms with van der Waals surface area (Å²) >= 11 is 3.40. The largest absolute Gasteiger partial charge is 0.463 e. The first kappa shape index (κ1) is 14.5. The summed E-state index contributed by atoms with van der Waals surface area (Å²) in [5.41, 5.74) is 3.59. The van der Waals surface area contributed by atoms with E-state index in [0.29, 0.717) is 5.56 Å². The van der Waals surface area contributed by atoms with Crippen molar-refractivity contribution in [2.24, 2.45) is 0 Å². The molecule has 0 bridgehead atoms. The Hall–Kier alpha value is -1.94. The summed E-state index contributed by atoms with van der Waals surface area (Å²) in [6, 6.07) is 15.0. The topological polar surface area (TPSA) is 43.4 Å². The number of esters is 1. The fourth-order valence-electron chi connectivity index (χ4n) is 1.81. The van der Waals surface area contributed by atoms with Gasteiger partial charge in [0.05, 0.1) is 7.11 Å². The number of carbonyl (C=O) groups excluding carboxylic acids is 2. The summed E-state index contributed by atoms with van der Waals surface area (Å²) < 4.78 is 4.41. The van der Waals surface area contributed by atoms with Crippen LogP contribution < -0.4 is 0 Å². The molecule has 0 heterocycles. The van der Waals surface area contributed by atoms with Crippen molar-refractivity contribution in [2.75, 3.05) is 7.11 Å². The van der Waals surface area contributed by atoms with Crippen molar-refractivity contribution in [3.8, 4) is 11.1 Å². The summed E-state index contributed by atoms with van der Waals surface area (Å²) in [5.74, 6) is -1.48. The van der Waals surface area contributed by atoms with Crippen LogP contribution in [0.5, 0.6) is 0 Å². The molecular formula is C16H13BrO3. The molecule has 0 fully saturated rings. The molecule has 0 aliphatic heterocycles. The van der Waals surface area contributed by atoms with E-state index in [9.17, 15) is 9.59 Å². The Labute approximate surface area is 125 Å². The second-order valence-corrected chi connectivity index (χ2v) is 4.79. The van der Waals surface area contributed by atoms with Gasteiger partial charge in [0.25, 0.3) is 5.78 Å². The Kier molecular flexibility index (Phi) is 4.69. The molecule has 2 aromatic rings. The third-order valence-corrected chi connectivity index (χ3v) is 3.61. The Bertz CT molecular complexity index is 615. The van der Waals surface area contributed by atoms with Crippen LogP contribution in [0.25, 0.3) is 11.1 Å². The van der Waals surface area contributed by atoms with Crippen LogP contribution in [0.15, 0.2) is 48.5 Å². The SMILES string of the molecule is COC(=O)C(=O)c1ccc(-c2ccc(CBr)cc2)cc1. The van der Waals surface area contributed by atoms with E-state index in [0.717, 1.165) is 16.5 Å². The lowest BCUT2D eigenvalue weighted by molar-refractivity contribution is -0.135. The van der Waals surface area contributed by atoms with Crippen LogP contribution in [-0.4, -0.2) is 18.9 Å². The number of hydrogen-bond donors (Lipinski definition) is 0. The van der Waals surface area contributed by atoms with Crippen LogP contribution in [-0.2, 0) is 14.9 Å². The summed E-state index contributed by atoms with van der Waals surface area (Å²) in [5, 5.41) is 0.819. The van der Waals surface area contributed by atoms with Crippen molar-refractivity contribution in [1.29, 1.82) is 0 Å². The van der Waals surface area contributed by atoms with Gasteiger partial charge in [0.1, 0.15) is 0 Å². The molecule has 0 aromatic heterocycles. The van der Waals surface area contributed by atoms with Crippen molar-refractivity contribution in [1.82, 2.24) is 0 Å². The van der Waals surface area contributed by atoms with E-state index in [4.69, 9.17) is 0 Å². The molecule has 0 spiro atoms. The first-order valence-electron chi connectivity index (χ1n) is 6.03. The van der Waals surface area contributed by atoms with Crippen LogP contribution >= 0.6 is 15.9 Å². The average molecular weight is 333 g/mol. The standard InChI is InChI=1S/C16H13BrO3/c1-20-16(19)15(18)14-8-6-13(7-9-14)12-4-2-11(10-17)3-5-12/h2-9H,10H2,1H3. The Morgan fingerprint density at radius 1 is 0.950 bits per heavy atom. The summed E-state index contributed by atoms with van der Waals surface area (Å²) in [4.78, 5) is 22.8. The minimum absolute atomic E-state index is 0.331. The van der Waals surface area contributed by atoms with E-state index in [2.05, 4.69) is 20.7 Å². The molecule has 0 aliphatic rings. The smallest absolute Gasteiger partial charge is 0.379 e. The molecule has 4 heteroatoms. The maximum atomic E-state index is 11.6. The molecule has 2 aromatic carbocycles. The van der Waals surface area contributed by atoms with Gasteiger partial charge in [-0.25, -0.2) is 4.79 Å². The highest BCUT2D eigenvalue weighted by Gasteiger charge is 2.16. The molecule has 0 N–H and O–H groups in total. The number of alkyl halides is 1. The molecular weight excluding hydrogens is 320 g/mol. The number of ketones is 1. The maximum Gasteiger partial charge on any atom is 0.379 e. The van der Waals surface area contributed by atoms with E-state index < -0.39 is 11.8 Å². The van der Waals surface area contributed by atoms with E-state index in [1.807, 2.05) is 36.4 Å².